The molecule has 2 aliphatic carbocycles. The Bertz CT molecular complexity index is 295. The van der Waals surface area contributed by atoms with Crippen molar-refractivity contribution in [1.29, 1.82) is 0 Å². The second-order valence-electron chi connectivity index (χ2n) is 6.04. The topological polar surface area (TPSA) is 47.3 Å². The van der Waals surface area contributed by atoms with Gasteiger partial charge in [-0.25, -0.2) is 0 Å². The first-order valence-corrected chi connectivity index (χ1v) is 8.11. The summed E-state index contributed by atoms with van der Waals surface area (Å²) in [6.45, 7) is 2.88. The minimum absolute atomic E-state index is 0.0471. The van der Waals surface area contributed by atoms with Gasteiger partial charge >= 0.3 is 0 Å². The van der Waals surface area contributed by atoms with Crippen LogP contribution in [-0.2, 0) is 4.74 Å². The lowest BCUT2D eigenvalue weighted by Gasteiger charge is -2.39. The summed E-state index contributed by atoms with van der Waals surface area (Å²) in [5, 5.41) is 0. The molecule has 3 heteroatoms. The fourth-order valence-electron chi connectivity index (χ4n) is 3.85. The predicted molar refractivity (Wildman–Crippen MR) is 79.7 cm³/mol. The van der Waals surface area contributed by atoms with Crippen LogP contribution in [0.5, 0.6) is 0 Å². The van der Waals surface area contributed by atoms with E-state index in [9.17, 15) is 0 Å². The fraction of sp³-hybridized carbons (Fsp3) is 0.875. The van der Waals surface area contributed by atoms with Crippen molar-refractivity contribution in [2.75, 3.05) is 6.61 Å². The van der Waals surface area contributed by atoms with E-state index in [1.165, 1.54) is 56.9 Å². The third kappa shape index (κ3) is 3.59. The van der Waals surface area contributed by atoms with Crippen LogP contribution in [0.1, 0.15) is 71.1 Å². The van der Waals surface area contributed by atoms with Crippen molar-refractivity contribution in [1.82, 2.24) is 5.43 Å². The summed E-state index contributed by atoms with van der Waals surface area (Å²) < 4.78 is 6.19. The van der Waals surface area contributed by atoms with Gasteiger partial charge in [-0.05, 0) is 45.4 Å². The summed E-state index contributed by atoms with van der Waals surface area (Å²) in [7, 11) is 0. The number of rotatable bonds is 5. The lowest BCUT2D eigenvalue weighted by Crippen LogP contribution is -2.54. The molecule has 0 aliphatic heterocycles. The molecular weight excluding hydrogens is 236 g/mol. The molecule has 1 saturated carbocycles. The molecule has 0 heterocycles. The Labute approximate surface area is 117 Å². The Balaban J connectivity index is 2.15. The van der Waals surface area contributed by atoms with Crippen LogP contribution in [0.3, 0.4) is 0 Å². The molecule has 3 N–H and O–H groups in total. The van der Waals surface area contributed by atoms with Crippen LogP contribution >= 0.6 is 0 Å². The Morgan fingerprint density at radius 2 is 1.95 bits per heavy atom. The van der Waals surface area contributed by atoms with Gasteiger partial charge in [-0.1, -0.05) is 37.3 Å². The smallest absolute Gasteiger partial charge is 0.0885 e. The third-order valence-corrected chi connectivity index (χ3v) is 4.77. The summed E-state index contributed by atoms with van der Waals surface area (Å²) in [4.78, 5) is 0. The van der Waals surface area contributed by atoms with E-state index in [4.69, 9.17) is 10.6 Å². The van der Waals surface area contributed by atoms with Gasteiger partial charge in [0.05, 0.1) is 11.6 Å². The SMILES string of the molecule is CCOC1(C(NN)C2=CCCCCCC2)CCCC1. The molecular formula is C16H30N2O. The number of ether oxygens (including phenoxy) is 1. The summed E-state index contributed by atoms with van der Waals surface area (Å²) in [6.07, 6.45) is 15.0. The average Bonchev–Trinajstić information content (AvgIpc) is 2.82. The minimum Gasteiger partial charge on any atom is -0.373 e. The van der Waals surface area contributed by atoms with E-state index in [1.807, 2.05) is 0 Å². The molecule has 0 amide bonds. The molecule has 3 nitrogen and oxygen atoms in total. The second-order valence-corrected chi connectivity index (χ2v) is 6.04. The van der Waals surface area contributed by atoms with Crippen LogP contribution < -0.4 is 11.3 Å². The maximum atomic E-state index is 6.19. The number of hydrazine groups is 1. The molecule has 0 spiro atoms. The van der Waals surface area contributed by atoms with Crippen molar-refractivity contribution in [3.63, 3.8) is 0 Å². The van der Waals surface area contributed by atoms with Crippen molar-refractivity contribution in [3.05, 3.63) is 11.6 Å². The van der Waals surface area contributed by atoms with E-state index < -0.39 is 0 Å². The highest BCUT2D eigenvalue weighted by Crippen LogP contribution is 2.39. The molecule has 2 rings (SSSR count). The van der Waals surface area contributed by atoms with E-state index in [0.29, 0.717) is 0 Å². The van der Waals surface area contributed by atoms with Gasteiger partial charge in [0.15, 0.2) is 0 Å². The molecule has 0 saturated heterocycles. The van der Waals surface area contributed by atoms with E-state index in [-0.39, 0.29) is 11.6 Å². The molecule has 0 radical (unpaired) electrons. The quantitative estimate of drug-likeness (QED) is 0.455. The largest absolute Gasteiger partial charge is 0.373 e. The first-order valence-electron chi connectivity index (χ1n) is 8.11. The van der Waals surface area contributed by atoms with Crippen LogP contribution in [0, 0.1) is 0 Å². The molecule has 0 aromatic carbocycles. The molecule has 1 atom stereocenters. The van der Waals surface area contributed by atoms with Gasteiger partial charge in [0.1, 0.15) is 0 Å². The molecule has 110 valence electrons. The second kappa shape index (κ2) is 7.41. The average molecular weight is 266 g/mol. The molecule has 19 heavy (non-hydrogen) atoms. The van der Waals surface area contributed by atoms with Gasteiger partial charge in [-0.15, -0.1) is 0 Å². The standard InChI is InChI=1S/C16H30N2O/c1-2-19-16(12-8-9-13-16)15(18-17)14-10-6-4-3-5-7-11-14/h10,15,18H,2-9,11-13,17H2,1H3. The van der Waals surface area contributed by atoms with Gasteiger partial charge < -0.3 is 4.74 Å². The number of nitrogens with two attached hydrogens (primary N) is 1. The molecule has 1 fully saturated rings. The van der Waals surface area contributed by atoms with Crippen molar-refractivity contribution < 1.29 is 4.74 Å². The highest BCUT2D eigenvalue weighted by Gasteiger charge is 2.43. The van der Waals surface area contributed by atoms with E-state index in [2.05, 4.69) is 18.4 Å². The molecule has 0 aromatic heterocycles. The zero-order valence-electron chi connectivity index (χ0n) is 12.4. The summed E-state index contributed by atoms with van der Waals surface area (Å²) in [5.74, 6) is 5.92. The lowest BCUT2D eigenvalue weighted by molar-refractivity contribution is -0.0536. The van der Waals surface area contributed by atoms with Gasteiger partial charge in [0.2, 0.25) is 0 Å². The number of hydrogen-bond donors (Lipinski definition) is 2. The Morgan fingerprint density at radius 3 is 2.63 bits per heavy atom. The van der Waals surface area contributed by atoms with Crippen molar-refractivity contribution in [2.24, 2.45) is 5.84 Å². The maximum Gasteiger partial charge on any atom is 0.0885 e. The van der Waals surface area contributed by atoms with Crippen LogP contribution in [0.15, 0.2) is 11.6 Å². The highest BCUT2D eigenvalue weighted by atomic mass is 16.5. The zero-order chi connectivity index (χ0) is 13.6. The van der Waals surface area contributed by atoms with Crippen molar-refractivity contribution in [2.45, 2.75) is 82.8 Å². The first-order chi connectivity index (χ1) is 9.32. The number of nitrogens with one attached hydrogen (secondary N) is 1. The van der Waals surface area contributed by atoms with Crippen LogP contribution in [0.25, 0.3) is 0 Å². The summed E-state index contributed by atoms with van der Waals surface area (Å²) in [6, 6.07) is 0.216. The van der Waals surface area contributed by atoms with Crippen LogP contribution in [0.4, 0.5) is 0 Å². The van der Waals surface area contributed by atoms with Crippen LogP contribution in [-0.4, -0.2) is 18.2 Å². The van der Waals surface area contributed by atoms with E-state index >= 15 is 0 Å². The highest BCUT2D eigenvalue weighted by molar-refractivity contribution is 5.19. The predicted octanol–water partition coefficient (Wildman–Crippen LogP) is 3.45. The fourth-order valence-corrected chi connectivity index (χ4v) is 3.85. The van der Waals surface area contributed by atoms with Gasteiger partial charge in [-0.2, -0.15) is 0 Å². The van der Waals surface area contributed by atoms with Gasteiger partial charge in [-0.3, -0.25) is 11.3 Å². The summed E-state index contributed by atoms with van der Waals surface area (Å²) in [5.41, 5.74) is 4.54. The first kappa shape index (κ1) is 15.0. The van der Waals surface area contributed by atoms with Gasteiger partial charge in [0, 0.05) is 6.61 Å². The van der Waals surface area contributed by atoms with Crippen molar-refractivity contribution >= 4 is 0 Å². The molecule has 0 aromatic rings. The minimum atomic E-state index is -0.0471. The van der Waals surface area contributed by atoms with Crippen molar-refractivity contribution in [3.8, 4) is 0 Å². The Kier molecular flexibility index (Phi) is 5.86. The number of hydrogen-bond acceptors (Lipinski definition) is 3. The normalized spacial score (nSPS) is 25.5. The Hall–Kier alpha value is -0.380. The molecule has 2 aliphatic rings. The van der Waals surface area contributed by atoms with Gasteiger partial charge in [0.25, 0.3) is 0 Å². The Morgan fingerprint density at radius 1 is 1.21 bits per heavy atom. The lowest BCUT2D eigenvalue weighted by atomic mass is 9.83. The van der Waals surface area contributed by atoms with E-state index in [1.54, 1.807) is 0 Å². The van der Waals surface area contributed by atoms with E-state index in [0.717, 1.165) is 19.4 Å². The molecule has 1 unspecified atom stereocenters. The van der Waals surface area contributed by atoms with Crippen LogP contribution in [0.2, 0.25) is 0 Å². The molecule has 0 bridgehead atoms. The zero-order valence-corrected chi connectivity index (χ0v) is 12.4. The third-order valence-electron chi connectivity index (χ3n) is 4.77. The summed E-state index contributed by atoms with van der Waals surface area (Å²) >= 11 is 0. The maximum absolute atomic E-state index is 6.19. The monoisotopic (exact) mass is 266 g/mol. The number of allylic oxidation sites excluding steroid dienone is 1.